The molecule has 0 aromatic carbocycles. The second-order valence-corrected chi connectivity index (χ2v) is 4.29. The Labute approximate surface area is 90.6 Å². The van der Waals surface area contributed by atoms with Crippen molar-refractivity contribution in [2.75, 3.05) is 7.11 Å². The van der Waals surface area contributed by atoms with Crippen LogP contribution in [-0.2, 0) is 14.3 Å². The average Bonchev–Trinajstić information content (AvgIpc) is 2.63. The van der Waals surface area contributed by atoms with E-state index < -0.39 is 6.10 Å². The largest absolute Gasteiger partial charge is 0.469 e. The number of aliphatic hydroxyl groups is 1. The van der Waals surface area contributed by atoms with Gasteiger partial charge in [0.15, 0.2) is 0 Å². The van der Waals surface area contributed by atoms with Gasteiger partial charge >= 0.3 is 5.97 Å². The summed E-state index contributed by atoms with van der Waals surface area (Å²) in [6.07, 6.45) is 1.79. The second kappa shape index (κ2) is 5.47. The molecule has 1 aliphatic rings. The molecule has 15 heavy (non-hydrogen) atoms. The van der Waals surface area contributed by atoms with Crippen molar-refractivity contribution in [3.05, 3.63) is 0 Å². The molecule has 88 valence electrons. The van der Waals surface area contributed by atoms with Gasteiger partial charge in [-0.25, -0.2) is 0 Å². The van der Waals surface area contributed by atoms with Crippen molar-refractivity contribution in [1.29, 1.82) is 0 Å². The number of esters is 1. The lowest BCUT2D eigenvalue weighted by atomic mass is 9.99. The van der Waals surface area contributed by atoms with Crippen molar-refractivity contribution in [2.45, 2.75) is 51.4 Å². The van der Waals surface area contributed by atoms with Crippen LogP contribution in [0.1, 0.15) is 33.1 Å². The quantitative estimate of drug-likeness (QED) is 0.715. The van der Waals surface area contributed by atoms with Crippen LogP contribution in [0.3, 0.4) is 0 Å². The molecule has 1 rings (SSSR count). The van der Waals surface area contributed by atoms with E-state index >= 15 is 0 Å². The van der Waals surface area contributed by atoms with Gasteiger partial charge in [0, 0.05) is 0 Å². The number of hydrogen-bond donors (Lipinski definition) is 1. The van der Waals surface area contributed by atoms with E-state index in [1.54, 1.807) is 6.92 Å². The van der Waals surface area contributed by atoms with Crippen molar-refractivity contribution in [3.63, 3.8) is 0 Å². The molecule has 0 amide bonds. The van der Waals surface area contributed by atoms with E-state index in [0.29, 0.717) is 6.42 Å². The van der Waals surface area contributed by atoms with Crippen molar-refractivity contribution in [2.24, 2.45) is 5.92 Å². The minimum absolute atomic E-state index is 0.118. The topological polar surface area (TPSA) is 55.8 Å². The van der Waals surface area contributed by atoms with Crippen LogP contribution in [0, 0.1) is 5.92 Å². The van der Waals surface area contributed by atoms with E-state index in [-0.39, 0.29) is 24.1 Å². The summed E-state index contributed by atoms with van der Waals surface area (Å²) < 4.78 is 10.1. The number of carbonyl (C=O) groups excluding carboxylic acids is 1. The van der Waals surface area contributed by atoms with E-state index in [1.165, 1.54) is 7.11 Å². The van der Waals surface area contributed by atoms with Crippen LogP contribution < -0.4 is 0 Å². The van der Waals surface area contributed by atoms with Gasteiger partial charge < -0.3 is 14.6 Å². The van der Waals surface area contributed by atoms with E-state index in [0.717, 1.165) is 12.8 Å². The summed E-state index contributed by atoms with van der Waals surface area (Å²) in [7, 11) is 1.36. The first kappa shape index (κ1) is 12.5. The van der Waals surface area contributed by atoms with Crippen molar-refractivity contribution in [3.8, 4) is 0 Å². The molecule has 1 aliphatic heterocycles. The molecule has 1 saturated heterocycles. The first-order chi connectivity index (χ1) is 7.04. The van der Waals surface area contributed by atoms with Crippen LogP contribution in [0.15, 0.2) is 0 Å². The highest BCUT2D eigenvalue weighted by Gasteiger charge is 2.30. The van der Waals surface area contributed by atoms with Crippen molar-refractivity contribution < 1.29 is 19.4 Å². The Kier molecular flexibility index (Phi) is 4.54. The summed E-state index contributed by atoms with van der Waals surface area (Å²) in [5, 5.41) is 9.85. The van der Waals surface area contributed by atoms with Gasteiger partial charge in [-0.3, -0.25) is 4.79 Å². The van der Waals surface area contributed by atoms with Gasteiger partial charge in [-0.15, -0.1) is 0 Å². The number of ether oxygens (including phenoxy) is 2. The number of methoxy groups -OCH3 is 1. The fraction of sp³-hybridized carbons (Fsp3) is 0.909. The molecule has 4 heteroatoms. The maximum absolute atomic E-state index is 11.2. The molecule has 0 aliphatic carbocycles. The van der Waals surface area contributed by atoms with Gasteiger partial charge in [0.2, 0.25) is 0 Å². The normalized spacial score (nSPS) is 29.9. The van der Waals surface area contributed by atoms with E-state index in [4.69, 9.17) is 4.74 Å². The third-order valence-electron chi connectivity index (χ3n) is 2.89. The van der Waals surface area contributed by atoms with Gasteiger partial charge in [-0.05, 0) is 26.2 Å². The van der Waals surface area contributed by atoms with Gasteiger partial charge in [0.25, 0.3) is 0 Å². The molecular weight excluding hydrogens is 196 g/mol. The van der Waals surface area contributed by atoms with Crippen LogP contribution in [-0.4, -0.2) is 36.5 Å². The van der Waals surface area contributed by atoms with Crippen molar-refractivity contribution >= 4 is 5.97 Å². The molecule has 0 saturated carbocycles. The molecule has 4 unspecified atom stereocenters. The zero-order valence-electron chi connectivity index (χ0n) is 9.60. The monoisotopic (exact) mass is 216 g/mol. The molecule has 0 bridgehead atoms. The van der Waals surface area contributed by atoms with Crippen LogP contribution in [0.25, 0.3) is 0 Å². The maximum Gasteiger partial charge on any atom is 0.308 e. The third kappa shape index (κ3) is 3.47. The average molecular weight is 216 g/mol. The molecule has 4 atom stereocenters. The van der Waals surface area contributed by atoms with Gasteiger partial charge in [-0.2, -0.15) is 0 Å². The Morgan fingerprint density at radius 1 is 1.60 bits per heavy atom. The van der Waals surface area contributed by atoms with Crippen LogP contribution in [0.4, 0.5) is 0 Å². The lowest BCUT2D eigenvalue weighted by molar-refractivity contribution is -0.146. The second-order valence-electron chi connectivity index (χ2n) is 4.29. The van der Waals surface area contributed by atoms with E-state index in [2.05, 4.69) is 4.74 Å². The maximum atomic E-state index is 11.2. The molecule has 0 aromatic heterocycles. The molecule has 1 fully saturated rings. The first-order valence-corrected chi connectivity index (χ1v) is 5.46. The third-order valence-corrected chi connectivity index (χ3v) is 2.89. The summed E-state index contributed by atoms with van der Waals surface area (Å²) in [6, 6.07) is 0. The predicted octanol–water partition coefficient (Wildman–Crippen LogP) is 1.11. The zero-order chi connectivity index (χ0) is 11.4. The minimum Gasteiger partial charge on any atom is -0.469 e. The number of aliphatic hydroxyl groups excluding tert-OH is 1. The van der Waals surface area contributed by atoms with Crippen LogP contribution in [0.5, 0.6) is 0 Å². The number of rotatable bonds is 4. The molecule has 0 aromatic rings. The van der Waals surface area contributed by atoms with Crippen LogP contribution in [0.2, 0.25) is 0 Å². The fourth-order valence-electron chi connectivity index (χ4n) is 1.93. The summed E-state index contributed by atoms with van der Waals surface area (Å²) >= 11 is 0. The number of carbonyl (C=O) groups is 1. The van der Waals surface area contributed by atoms with Crippen LogP contribution >= 0.6 is 0 Å². The molecule has 1 heterocycles. The Bertz CT molecular complexity index is 217. The smallest absolute Gasteiger partial charge is 0.308 e. The summed E-state index contributed by atoms with van der Waals surface area (Å²) in [5.74, 6) is -0.551. The molecule has 4 nitrogen and oxygen atoms in total. The van der Waals surface area contributed by atoms with Gasteiger partial charge in [0.05, 0.1) is 31.3 Å². The zero-order valence-corrected chi connectivity index (χ0v) is 9.60. The van der Waals surface area contributed by atoms with E-state index in [9.17, 15) is 9.90 Å². The van der Waals surface area contributed by atoms with Gasteiger partial charge in [-0.1, -0.05) is 6.92 Å². The Hall–Kier alpha value is -0.610. The highest BCUT2D eigenvalue weighted by Crippen LogP contribution is 2.24. The fourth-order valence-corrected chi connectivity index (χ4v) is 1.93. The Morgan fingerprint density at radius 3 is 2.73 bits per heavy atom. The first-order valence-electron chi connectivity index (χ1n) is 5.46. The summed E-state index contributed by atoms with van der Waals surface area (Å²) in [5.41, 5.74) is 0. The SMILES string of the molecule is COC(=O)C(C)CC(O)C1CCC(C)O1. The minimum atomic E-state index is -0.566. The molecular formula is C11H20O4. The molecule has 0 spiro atoms. The summed E-state index contributed by atoms with van der Waals surface area (Å²) in [4.78, 5) is 11.2. The standard InChI is InChI=1S/C11H20O4/c1-7(11(13)14-3)6-9(12)10-5-4-8(2)15-10/h7-10,12H,4-6H2,1-3H3. The summed E-state index contributed by atoms with van der Waals surface area (Å²) in [6.45, 7) is 3.75. The van der Waals surface area contributed by atoms with E-state index in [1.807, 2.05) is 6.92 Å². The van der Waals surface area contributed by atoms with Crippen molar-refractivity contribution in [1.82, 2.24) is 0 Å². The highest BCUT2D eigenvalue weighted by molar-refractivity contribution is 5.71. The Balaban J connectivity index is 2.35. The molecule has 0 radical (unpaired) electrons. The predicted molar refractivity (Wildman–Crippen MR) is 55.4 cm³/mol. The lowest BCUT2D eigenvalue weighted by Crippen LogP contribution is -2.30. The highest BCUT2D eigenvalue weighted by atomic mass is 16.5. The Morgan fingerprint density at radius 2 is 2.27 bits per heavy atom. The number of hydrogen-bond acceptors (Lipinski definition) is 4. The van der Waals surface area contributed by atoms with Gasteiger partial charge in [0.1, 0.15) is 0 Å². The lowest BCUT2D eigenvalue weighted by Gasteiger charge is -2.20. The molecule has 1 N–H and O–H groups in total.